The van der Waals surface area contributed by atoms with Gasteiger partial charge in [-0.1, -0.05) is 30.3 Å². The molecule has 1 aliphatic rings. The summed E-state index contributed by atoms with van der Waals surface area (Å²) in [5.41, 5.74) is 7.41. The summed E-state index contributed by atoms with van der Waals surface area (Å²) in [7, 11) is 0. The molecule has 1 fully saturated rings. The predicted molar refractivity (Wildman–Crippen MR) is 76.3 cm³/mol. The lowest BCUT2D eigenvalue weighted by Gasteiger charge is -2.19. The van der Waals surface area contributed by atoms with Gasteiger partial charge in [0.25, 0.3) is 0 Å². The molecule has 0 saturated carbocycles. The molecule has 1 aromatic carbocycles. The van der Waals surface area contributed by atoms with Crippen LogP contribution in [0.1, 0.15) is 42.0 Å². The summed E-state index contributed by atoms with van der Waals surface area (Å²) in [6.07, 6.45) is 2.76. The Hall–Kier alpha value is -1.72. The van der Waals surface area contributed by atoms with Crippen LogP contribution in [0, 0.1) is 0 Å². The van der Waals surface area contributed by atoms with E-state index in [4.69, 9.17) is 10.5 Å². The van der Waals surface area contributed by atoms with Crippen molar-refractivity contribution in [3.05, 3.63) is 47.5 Å². The van der Waals surface area contributed by atoms with Crippen LogP contribution in [0.4, 0.5) is 0 Å². The molecule has 0 spiro atoms. The number of nitrogens with one attached hydrogen (secondary N) is 1. The van der Waals surface area contributed by atoms with Gasteiger partial charge in [0.15, 0.2) is 5.82 Å². The first kappa shape index (κ1) is 13.3. The van der Waals surface area contributed by atoms with Gasteiger partial charge in [0.05, 0.1) is 6.04 Å². The number of aromatic amines is 1. The maximum atomic E-state index is 6.20. The summed E-state index contributed by atoms with van der Waals surface area (Å²) in [5, 5.41) is 7.33. The Balaban J connectivity index is 1.66. The molecule has 0 amide bonds. The van der Waals surface area contributed by atoms with Crippen molar-refractivity contribution in [2.24, 2.45) is 5.73 Å². The molecule has 1 atom stereocenters. The summed E-state index contributed by atoms with van der Waals surface area (Å²) < 4.78 is 5.37. The highest BCUT2D eigenvalue weighted by Crippen LogP contribution is 2.24. The summed E-state index contributed by atoms with van der Waals surface area (Å²) in [5.74, 6) is 2.08. The van der Waals surface area contributed by atoms with Gasteiger partial charge < -0.3 is 10.5 Å². The van der Waals surface area contributed by atoms with Gasteiger partial charge in [0.1, 0.15) is 5.82 Å². The van der Waals surface area contributed by atoms with E-state index >= 15 is 0 Å². The Bertz CT molecular complexity index is 534. The van der Waals surface area contributed by atoms with Crippen LogP contribution >= 0.6 is 0 Å². The lowest BCUT2D eigenvalue weighted by molar-refractivity contribution is 0.0836. The average Bonchev–Trinajstić information content (AvgIpc) is 2.99. The number of nitrogens with zero attached hydrogens (tertiary/aromatic N) is 2. The molecule has 1 saturated heterocycles. The van der Waals surface area contributed by atoms with E-state index in [2.05, 4.69) is 27.3 Å². The fourth-order valence-electron chi connectivity index (χ4n) is 2.57. The molecule has 1 aliphatic heterocycles. The molecular formula is C15H20N4O. The number of H-pyrrole nitrogens is 1. The van der Waals surface area contributed by atoms with Crippen molar-refractivity contribution in [1.82, 2.24) is 15.2 Å². The van der Waals surface area contributed by atoms with Crippen LogP contribution in [0.5, 0.6) is 0 Å². The number of rotatable bonds is 4. The molecule has 0 aliphatic carbocycles. The Kier molecular flexibility index (Phi) is 4.08. The minimum Gasteiger partial charge on any atom is -0.381 e. The maximum Gasteiger partial charge on any atom is 0.167 e. The third kappa shape index (κ3) is 3.05. The van der Waals surface area contributed by atoms with Gasteiger partial charge in [0.2, 0.25) is 0 Å². The van der Waals surface area contributed by atoms with Gasteiger partial charge in [-0.3, -0.25) is 5.10 Å². The van der Waals surface area contributed by atoms with Gasteiger partial charge >= 0.3 is 0 Å². The highest BCUT2D eigenvalue weighted by atomic mass is 16.5. The predicted octanol–water partition coefficient (Wildman–Crippen LogP) is 1.94. The van der Waals surface area contributed by atoms with Crippen molar-refractivity contribution in [1.29, 1.82) is 0 Å². The number of nitrogens with two attached hydrogens (primary N) is 1. The largest absolute Gasteiger partial charge is 0.381 e. The fraction of sp³-hybridized carbons (Fsp3) is 0.467. The van der Waals surface area contributed by atoms with Crippen LogP contribution in [0.15, 0.2) is 30.3 Å². The SMILES string of the molecule is N[C@H](Cc1ccccc1)c1n[nH]c(C2CCOCC2)n1. The third-order valence-electron chi connectivity index (χ3n) is 3.76. The van der Waals surface area contributed by atoms with Crippen molar-refractivity contribution in [2.75, 3.05) is 13.2 Å². The van der Waals surface area contributed by atoms with Gasteiger partial charge in [0, 0.05) is 19.1 Å². The fourth-order valence-corrected chi connectivity index (χ4v) is 2.57. The molecule has 1 aromatic heterocycles. The topological polar surface area (TPSA) is 76.8 Å². The van der Waals surface area contributed by atoms with E-state index in [0.717, 1.165) is 38.3 Å². The van der Waals surface area contributed by atoms with Gasteiger partial charge in [-0.05, 0) is 24.8 Å². The molecule has 5 nitrogen and oxygen atoms in total. The minimum atomic E-state index is -0.165. The first-order chi connectivity index (χ1) is 9.83. The second kappa shape index (κ2) is 6.15. The van der Waals surface area contributed by atoms with Crippen molar-refractivity contribution in [2.45, 2.75) is 31.2 Å². The summed E-state index contributed by atoms with van der Waals surface area (Å²) in [6, 6.07) is 10.0. The Morgan fingerprint density at radius 2 is 2.00 bits per heavy atom. The Labute approximate surface area is 118 Å². The maximum absolute atomic E-state index is 6.20. The first-order valence-corrected chi connectivity index (χ1v) is 7.12. The van der Waals surface area contributed by atoms with Crippen LogP contribution < -0.4 is 5.73 Å². The van der Waals surface area contributed by atoms with E-state index in [0.29, 0.717) is 11.7 Å². The molecule has 2 aromatic rings. The number of benzene rings is 1. The van der Waals surface area contributed by atoms with E-state index in [-0.39, 0.29) is 6.04 Å². The van der Waals surface area contributed by atoms with Crippen LogP contribution in [-0.4, -0.2) is 28.4 Å². The minimum absolute atomic E-state index is 0.165. The second-order valence-electron chi connectivity index (χ2n) is 5.26. The summed E-state index contributed by atoms with van der Waals surface area (Å²) in [6.45, 7) is 1.60. The number of hydrogen-bond acceptors (Lipinski definition) is 4. The zero-order chi connectivity index (χ0) is 13.8. The van der Waals surface area contributed by atoms with Crippen LogP contribution in [0.3, 0.4) is 0 Å². The molecule has 0 unspecified atom stereocenters. The second-order valence-corrected chi connectivity index (χ2v) is 5.26. The van der Waals surface area contributed by atoms with Crippen LogP contribution in [-0.2, 0) is 11.2 Å². The van der Waals surface area contributed by atoms with E-state index < -0.39 is 0 Å². The highest BCUT2D eigenvalue weighted by Gasteiger charge is 2.21. The highest BCUT2D eigenvalue weighted by molar-refractivity contribution is 5.17. The third-order valence-corrected chi connectivity index (χ3v) is 3.76. The molecule has 3 N–H and O–H groups in total. The first-order valence-electron chi connectivity index (χ1n) is 7.12. The van der Waals surface area contributed by atoms with Crippen molar-refractivity contribution < 1.29 is 4.74 Å². The van der Waals surface area contributed by atoms with Gasteiger partial charge in [-0.25, -0.2) is 4.98 Å². The normalized spacial score (nSPS) is 18.1. The van der Waals surface area contributed by atoms with E-state index in [1.54, 1.807) is 0 Å². The van der Waals surface area contributed by atoms with Crippen LogP contribution in [0.25, 0.3) is 0 Å². The van der Waals surface area contributed by atoms with E-state index in [1.807, 2.05) is 18.2 Å². The summed E-state index contributed by atoms with van der Waals surface area (Å²) in [4.78, 5) is 4.58. The average molecular weight is 272 g/mol. The quantitative estimate of drug-likeness (QED) is 0.891. The van der Waals surface area contributed by atoms with Crippen molar-refractivity contribution in [3.63, 3.8) is 0 Å². The lowest BCUT2D eigenvalue weighted by atomic mass is 10.00. The lowest BCUT2D eigenvalue weighted by Crippen LogP contribution is -2.16. The molecular weight excluding hydrogens is 252 g/mol. The zero-order valence-corrected chi connectivity index (χ0v) is 11.5. The van der Waals surface area contributed by atoms with E-state index in [9.17, 15) is 0 Å². The summed E-state index contributed by atoms with van der Waals surface area (Å²) >= 11 is 0. The molecule has 20 heavy (non-hydrogen) atoms. The monoisotopic (exact) mass is 272 g/mol. The number of ether oxygens (including phenoxy) is 1. The van der Waals surface area contributed by atoms with Crippen molar-refractivity contribution >= 4 is 0 Å². The van der Waals surface area contributed by atoms with Gasteiger partial charge in [-0.2, -0.15) is 5.10 Å². The molecule has 0 bridgehead atoms. The molecule has 106 valence electrons. The molecule has 2 heterocycles. The number of aromatic nitrogens is 3. The van der Waals surface area contributed by atoms with Crippen molar-refractivity contribution in [3.8, 4) is 0 Å². The smallest absolute Gasteiger partial charge is 0.167 e. The standard InChI is InChI=1S/C15H20N4O/c16-13(10-11-4-2-1-3-5-11)15-17-14(18-19-15)12-6-8-20-9-7-12/h1-5,12-13H,6-10,16H2,(H,17,18,19)/t13-/m1/s1. The van der Waals surface area contributed by atoms with E-state index in [1.165, 1.54) is 5.56 Å². The van der Waals surface area contributed by atoms with Crippen LogP contribution in [0.2, 0.25) is 0 Å². The zero-order valence-electron chi connectivity index (χ0n) is 11.5. The Morgan fingerprint density at radius 3 is 2.75 bits per heavy atom. The Morgan fingerprint density at radius 1 is 1.25 bits per heavy atom. The molecule has 3 rings (SSSR count). The molecule has 5 heteroatoms. The number of hydrogen-bond donors (Lipinski definition) is 2. The molecule has 0 radical (unpaired) electrons. The van der Waals surface area contributed by atoms with Gasteiger partial charge in [-0.15, -0.1) is 0 Å².